The third-order valence-corrected chi connectivity index (χ3v) is 18.8. The molecule has 5 nitrogen and oxygen atoms in total. The van der Waals surface area contributed by atoms with Crippen molar-refractivity contribution in [2.45, 2.75) is 84.0 Å². The highest BCUT2D eigenvalue weighted by Gasteiger charge is 2.48. The Morgan fingerprint density at radius 1 is 0.367 bits per heavy atom. The molecule has 0 atom stereocenters. The summed E-state index contributed by atoms with van der Waals surface area (Å²) in [5, 5.41) is 2.30. The maximum Gasteiger partial charge on any atom is 0.137 e. The van der Waals surface area contributed by atoms with E-state index in [0.29, 0.717) is 6.67 Å². The largest absolute Gasteiger partial charge is 0.457 e. The fourth-order valence-electron chi connectivity index (χ4n) is 14.2. The minimum Gasteiger partial charge on any atom is -0.457 e. The van der Waals surface area contributed by atoms with Gasteiger partial charge in [-0.2, -0.15) is 0 Å². The molecule has 1 aliphatic carbocycles. The summed E-state index contributed by atoms with van der Waals surface area (Å²) < 4.78 is 9.91. The molecule has 0 N–H and O–H groups in total. The van der Waals surface area contributed by atoms with E-state index in [1.54, 1.807) is 0 Å². The summed E-state index contributed by atoms with van der Waals surface area (Å²) in [5.74, 6) is 2.34. The molecule has 90 heavy (non-hydrogen) atoms. The molecule has 0 bridgehead atoms. The second kappa shape index (κ2) is 21.5. The van der Waals surface area contributed by atoms with Crippen LogP contribution in [-0.4, -0.2) is 16.2 Å². The van der Waals surface area contributed by atoms with Gasteiger partial charge >= 0.3 is 0 Å². The lowest BCUT2D eigenvalue weighted by atomic mass is 9.65. The summed E-state index contributed by atoms with van der Waals surface area (Å²) in [7, 11) is 0. The van der Waals surface area contributed by atoms with Gasteiger partial charge in [0.2, 0.25) is 0 Å². The van der Waals surface area contributed by atoms with E-state index in [-0.39, 0.29) is 16.2 Å². The van der Waals surface area contributed by atoms with Gasteiger partial charge in [0.25, 0.3) is 0 Å². The Labute approximate surface area is 530 Å². The zero-order valence-electron chi connectivity index (χ0n) is 52.9. The molecular formula is C85H74N4O. The van der Waals surface area contributed by atoms with Crippen molar-refractivity contribution in [3.8, 4) is 61.8 Å². The van der Waals surface area contributed by atoms with E-state index >= 15 is 0 Å². The molecular weight excluding hydrogens is 1090 g/mol. The fourth-order valence-corrected chi connectivity index (χ4v) is 14.2. The molecule has 5 heteroatoms. The van der Waals surface area contributed by atoms with Crippen LogP contribution in [0.2, 0.25) is 0 Å². The van der Waals surface area contributed by atoms with Crippen LogP contribution in [0.4, 0.5) is 22.7 Å². The highest BCUT2D eigenvalue weighted by atomic mass is 16.5. The van der Waals surface area contributed by atoms with Crippen molar-refractivity contribution in [1.29, 1.82) is 0 Å². The normalized spacial score (nSPS) is 13.6. The number of para-hydroxylation sites is 3. The Bertz CT molecular complexity index is 4760. The Kier molecular flexibility index (Phi) is 13.5. The van der Waals surface area contributed by atoms with Gasteiger partial charge in [0, 0.05) is 45.9 Å². The number of nitrogens with zero attached hydrogens (tertiary/aromatic N) is 4. The van der Waals surface area contributed by atoms with Crippen molar-refractivity contribution in [1.82, 2.24) is 9.55 Å². The molecule has 11 aromatic carbocycles. The third-order valence-electron chi connectivity index (χ3n) is 18.8. The number of hydrogen-bond donors (Lipinski definition) is 0. The Morgan fingerprint density at radius 2 is 0.878 bits per heavy atom. The zero-order valence-corrected chi connectivity index (χ0v) is 52.9. The summed E-state index contributed by atoms with van der Waals surface area (Å²) in [6, 6.07) is 98.9. The molecule has 0 saturated heterocycles. The maximum absolute atomic E-state index is 7.60. The number of anilines is 4. The van der Waals surface area contributed by atoms with Gasteiger partial charge in [-0.15, -0.1) is 0 Å². The van der Waals surface area contributed by atoms with Gasteiger partial charge in [-0.25, -0.2) is 4.98 Å². The van der Waals surface area contributed by atoms with E-state index in [1.807, 2.05) is 6.20 Å². The van der Waals surface area contributed by atoms with Gasteiger partial charge in [0.05, 0.1) is 33.5 Å². The predicted octanol–water partition coefficient (Wildman–Crippen LogP) is 22.5. The number of aromatic nitrogens is 2. The lowest BCUT2D eigenvalue weighted by Gasteiger charge is -2.37. The summed E-state index contributed by atoms with van der Waals surface area (Å²) in [4.78, 5) is 10.1. The number of fused-ring (bicyclic) bond motifs is 7. The summed E-state index contributed by atoms with van der Waals surface area (Å²) >= 11 is 0. The quantitative estimate of drug-likeness (QED) is 0.137. The van der Waals surface area contributed by atoms with E-state index in [0.717, 1.165) is 95.3 Å². The van der Waals surface area contributed by atoms with Crippen molar-refractivity contribution < 1.29 is 4.74 Å². The summed E-state index contributed by atoms with van der Waals surface area (Å²) in [6.07, 6.45) is 1.95. The number of pyridine rings is 1. The van der Waals surface area contributed by atoms with Gasteiger partial charge in [-0.05, 0) is 155 Å². The molecule has 0 spiro atoms. The topological polar surface area (TPSA) is 33.5 Å². The summed E-state index contributed by atoms with van der Waals surface area (Å²) in [5.41, 5.74) is 23.5. The second-order valence-electron chi connectivity index (χ2n) is 27.6. The van der Waals surface area contributed by atoms with E-state index in [1.165, 1.54) is 50.1 Å². The molecule has 0 fully saturated rings. The minimum absolute atomic E-state index is 0.0677. The number of hydrogen-bond acceptors (Lipinski definition) is 4. The van der Waals surface area contributed by atoms with E-state index < -0.39 is 5.41 Å². The van der Waals surface area contributed by atoms with Gasteiger partial charge < -0.3 is 14.5 Å². The van der Waals surface area contributed by atoms with Crippen LogP contribution in [0.5, 0.6) is 11.5 Å². The van der Waals surface area contributed by atoms with Crippen molar-refractivity contribution in [3.05, 3.63) is 312 Å². The first-order chi connectivity index (χ1) is 43.5. The smallest absolute Gasteiger partial charge is 0.137 e. The monoisotopic (exact) mass is 1170 g/mol. The number of benzene rings is 11. The first kappa shape index (κ1) is 56.3. The number of ether oxygens (including phenoxy) is 1. The molecule has 2 aliphatic rings. The first-order valence-electron chi connectivity index (χ1n) is 31.7. The van der Waals surface area contributed by atoms with Gasteiger partial charge in [0.15, 0.2) is 0 Å². The molecule has 0 amide bonds. The average Bonchev–Trinajstić information content (AvgIpc) is 1.50. The molecule has 0 unspecified atom stereocenters. The second-order valence-corrected chi connectivity index (χ2v) is 27.6. The lowest BCUT2D eigenvalue weighted by molar-refractivity contribution is 0.481. The molecule has 1 aliphatic heterocycles. The number of rotatable bonds is 10. The molecule has 3 heterocycles. The van der Waals surface area contributed by atoms with Crippen molar-refractivity contribution >= 4 is 44.6 Å². The van der Waals surface area contributed by atoms with Crippen LogP contribution in [-0.2, 0) is 21.7 Å². The first-order valence-corrected chi connectivity index (χ1v) is 31.7. The van der Waals surface area contributed by atoms with Crippen LogP contribution in [0.15, 0.2) is 273 Å². The summed E-state index contributed by atoms with van der Waals surface area (Å²) in [6.45, 7) is 21.4. The van der Waals surface area contributed by atoms with E-state index in [2.05, 4.69) is 344 Å². The Hall–Kier alpha value is -10.2. The third kappa shape index (κ3) is 9.58. The van der Waals surface area contributed by atoms with E-state index in [4.69, 9.17) is 9.72 Å². The van der Waals surface area contributed by atoms with Crippen LogP contribution >= 0.6 is 0 Å². The van der Waals surface area contributed by atoms with Crippen LogP contribution in [0.3, 0.4) is 0 Å². The highest BCUT2D eigenvalue weighted by molar-refractivity contribution is 6.09. The lowest BCUT2D eigenvalue weighted by Crippen LogP contribution is -2.31. The van der Waals surface area contributed by atoms with Crippen LogP contribution < -0.4 is 14.5 Å². The Morgan fingerprint density at radius 3 is 1.48 bits per heavy atom. The average molecular weight is 1170 g/mol. The highest BCUT2D eigenvalue weighted by Crippen LogP contribution is 2.59. The Balaban J connectivity index is 0.992. The van der Waals surface area contributed by atoms with Crippen molar-refractivity contribution in [2.75, 3.05) is 16.5 Å². The fraction of sp³-hybridized carbons (Fsp3) is 0.165. The molecule has 0 radical (unpaired) electrons. The van der Waals surface area contributed by atoms with Crippen LogP contribution in [0.25, 0.3) is 72.1 Å². The van der Waals surface area contributed by atoms with Gasteiger partial charge in [0.1, 0.15) is 24.0 Å². The molecule has 15 rings (SSSR count). The van der Waals surface area contributed by atoms with Gasteiger partial charge in [-0.1, -0.05) is 250 Å². The standard InChI is InChI=1S/C85H74N4O/c1-82(2,3)60-43-44-86-80(52-60)89-76-38-24-21-35-70(76)71-42-41-66(54-79(71)89)90-67-51-64(85(63-48-61(83(4,5)6)47-62(49-63)84(7,8)9)74-36-22-19-33-68(74)69-34-20-23-37-75(69)85)50-65(53-67)87-55-88(78-40-26-25-39-77(78)87)81-72(57-29-15-11-16-30-57)45-59(56-27-13-10-14-28-56)46-73(81)58-31-17-12-18-32-58/h10-54H,55H2,1-9H3. The molecule has 2 aromatic heterocycles. The maximum atomic E-state index is 7.60. The van der Waals surface area contributed by atoms with Crippen LogP contribution in [0, 0.1) is 0 Å². The zero-order chi connectivity index (χ0) is 61.7. The molecule has 440 valence electrons. The van der Waals surface area contributed by atoms with E-state index in [9.17, 15) is 0 Å². The van der Waals surface area contributed by atoms with Crippen LogP contribution in [0.1, 0.15) is 101 Å². The van der Waals surface area contributed by atoms with Crippen molar-refractivity contribution in [3.63, 3.8) is 0 Å². The van der Waals surface area contributed by atoms with Gasteiger partial charge in [-0.3, -0.25) is 4.57 Å². The predicted molar refractivity (Wildman–Crippen MR) is 377 cm³/mol. The minimum atomic E-state index is -0.782. The van der Waals surface area contributed by atoms with Crippen molar-refractivity contribution in [2.24, 2.45) is 0 Å². The molecule has 13 aromatic rings. The molecule has 0 saturated carbocycles. The SMILES string of the molecule is CC(C)(C)c1cc(C(C)(C)C)cc(C2(c3cc(Oc4ccc5c6ccccc6n(-c6cc(C(C)(C)C)ccn6)c5c4)cc(N4CN(c5c(-c6ccccc6)cc(-c6ccccc6)cc5-c5ccccc5)c5ccccc54)c3)c3ccccc3-c3ccccc32)c1.